The fourth-order valence-corrected chi connectivity index (χ4v) is 3.51. The van der Waals surface area contributed by atoms with Crippen LogP contribution in [-0.4, -0.2) is 45.9 Å². The molecule has 0 bridgehead atoms. The minimum Gasteiger partial charge on any atom is -0.374 e. The molecule has 26 heavy (non-hydrogen) atoms. The van der Waals surface area contributed by atoms with Crippen molar-refractivity contribution in [1.82, 2.24) is 19.9 Å². The van der Waals surface area contributed by atoms with Crippen LogP contribution in [0.2, 0.25) is 0 Å². The quantitative estimate of drug-likeness (QED) is 0.686. The smallest absolute Gasteiger partial charge is 0.224 e. The largest absolute Gasteiger partial charge is 0.374 e. The average molecular weight is 349 g/mol. The summed E-state index contributed by atoms with van der Waals surface area (Å²) in [6, 6.07) is 18.1. The molecule has 2 heterocycles. The molecular weight excluding hydrogens is 326 g/mol. The molecule has 6 nitrogen and oxygen atoms in total. The zero-order valence-electron chi connectivity index (χ0n) is 15.0. The second kappa shape index (κ2) is 7.15. The number of aromatic nitrogens is 3. The number of likely N-dealkylation sites (tertiary alicyclic amines) is 1. The molecule has 0 N–H and O–H groups in total. The first-order valence-corrected chi connectivity index (χ1v) is 9.09. The van der Waals surface area contributed by atoms with E-state index in [1.54, 1.807) is 4.80 Å². The van der Waals surface area contributed by atoms with Gasteiger partial charge in [0.1, 0.15) is 17.2 Å². The zero-order chi connectivity index (χ0) is 17.9. The molecule has 4 rings (SSSR count). The summed E-state index contributed by atoms with van der Waals surface area (Å²) in [5, 5.41) is 9.27. The molecule has 0 radical (unpaired) electrons. The van der Waals surface area contributed by atoms with Crippen molar-refractivity contribution in [2.24, 2.45) is 0 Å². The molecule has 0 aliphatic carbocycles. The number of rotatable bonds is 6. The highest BCUT2D eigenvalue weighted by Gasteiger charge is 2.30. The van der Waals surface area contributed by atoms with Gasteiger partial charge in [-0.2, -0.15) is 15.0 Å². The summed E-state index contributed by atoms with van der Waals surface area (Å²) >= 11 is 0. The van der Waals surface area contributed by atoms with Gasteiger partial charge in [0.25, 0.3) is 0 Å². The van der Waals surface area contributed by atoms with E-state index in [2.05, 4.69) is 34.3 Å². The molecular formula is C20H23N5O. The zero-order valence-corrected chi connectivity index (χ0v) is 15.0. The van der Waals surface area contributed by atoms with Gasteiger partial charge in [-0.1, -0.05) is 30.3 Å². The van der Waals surface area contributed by atoms with Crippen LogP contribution in [0.5, 0.6) is 0 Å². The Hall–Kier alpha value is -2.89. The highest BCUT2D eigenvalue weighted by atomic mass is 16.2. The van der Waals surface area contributed by atoms with Gasteiger partial charge in [-0.15, -0.1) is 0 Å². The standard InChI is InChI=1S/C20H23N5O/c1-23(16-8-3-2-4-9-16)15-13-19(24-14-7-12-20(24)26)25-21-17-10-5-6-11-18(17)22-25/h2-6,8-11,19H,7,12-15H2,1H3. The fourth-order valence-electron chi connectivity index (χ4n) is 3.51. The minimum absolute atomic E-state index is 0.149. The molecule has 1 saturated heterocycles. The van der Waals surface area contributed by atoms with Crippen molar-refractivity contribution in [1.29, 1.82) is 0 Å². The number of carbonyl (C=O) groups is 1. The van der Waals surface area contributed by atoms with E-state index in [-0.39, 0.29) is 12.1 Å². The molecule has 2 aromatic carbocycles. The lowest BCUT2D eigenvalue weighted by Gasteiger charge is -2.29. The van der Waals surface area contributed by atoms with Crippen molar-refractivity contribution in [3.8, 4) is 0 Å². The molecule has 6 heteroatoms. The van der Waals surface area contributed by atoms with Gasteiger partial charge in [0.2, 0.25) is 5.91 Å². The van der Waals surface area contributed by atoms with Crippen molar-refractivity contribution in [3.05, 3.63) is 54.6 Å². The Labute approximate surface area is 153 Å². The number of amides is 1. The van der Waals surface area contributed by atoms with Crippen molar-refractivity contribution in [2.45, 2.75) is 25.4 Å². The van der Waals surface area contributed by atoms with Gasteiger partial charge in [0.05, 0.1) is 0 Å². The van der Waals surface area contributed by atoms with Crippen LogP contribution in [0.1, 0.15) is 25.4 Å². The SMILES string of the molecule is CN(CCC(N1CCCC1=O)n1nc2ccccc2n1)c1ccccc1. The van der Waals surface area contributed by atoms with Crippen LogP contribution in [-0.2, 0) is 4.79 Å². The fraction of sp³-hybridized carbons (Fsp3) is 0.350. The monoisotopic (exact) mass is 349 g/mol. The molecule has 1 aromatic heterocycles. The van der Waals surface area contributed by atoms with E-state index in [1.165, 1.54) is 0 Å². The molecule has 134 valence electrons. The van der Waals surface area contributed by atoms with Gasteiger partial charge in [-0.3, -0.25) is 4.79 Å². The van der Waals surface area contributed by atoms with Gasteiger partial charge in [0, 0.05) is 38.7 Å². The van der Waals surface area contributed by atoms with Crippen LogP contribution in [0.25, 0.3) is 11.0 Å². The molecule has 0 spiro atoms. The van der Waals surface area contributed by atoms with Gasteiger partial charge in [0.15, 0.2) is 0 Å². The first-order valence-electron chi connectivity index (χ1n) is 9.09. The van der Waals surface area contributed by atoms with E-state index in [0.29, 0.717) is 6.42 Å². The molecule has 3 aromatic rings. The Morgan fingerprint density at radius 1 is 1.04 bits per heavy atom. The number of para-hydroxylation sites is 1. The lowest BCUT2D eigenvalue weighted by molar-refractivity contribution is -0.132. The highest BCUT2D eigenvalue weighted by Crippen LogP contribution is 2.25. The summed E-state index contributed by atoms with van der Waals surface area (Å²) in [4.78, 5) is 18.2. The maximum Gasteiger partial charge on any atom is 0.224 e. The molecule has 1 fully saturated rings. The van der Waals surface area contributed by atoms with E-state index in [1.807, 2.05) is 47.4 Å². The normalized spacial score (nSPS) is 15.6. The molecule has 0 saturated carbocycles. The van der Waals surface area contributed by atoms with Crippen molar-refractivity contribution < 1.29 is 4.79 Å². The minimum atomic E-state index is -0.149. The number of hydrogen-bond donors (Lipinski definition) is 0. The number of fused-ring (bicyclic) bond motifs is 1. The van der Waals surface area contributed by atoms with E-state index in [0.717, 1.165) is 42.7 Å². The maximum atomic E-state index is 12.4. The van der Waals surface area contributed by atoms with Crippen molar-refractivity contribution in [3.63, 3.8) is 0 Å². The predicted octanol–water partition coefficient (Wildman–Crippen LogP) is 3.08. The van der Waals surface area contributed by atoms with Crippen LogP contribution in [0.3, 0.4) is 0 Å². The molecule has 1 unspecified atom stereocenters. The summed E-state index contributed by atoms with van der Waals surface area (Å²) < 4.78 is 0. The Balaban J connectivity index is 1.57. The summed E-state index contributed by atoms with van der Waals surface area (Å²) in [7, 11) is 2.07. The topological polar surface area (TPSA) is 54.3 Å². The number of hydrogen-bond acceptors (Lipinski definition) is 4. The lowest BCUT2D eigenvalue weighted by Crippen LogP contribution is -2.37. The van der Waals surface area contributed by atoms with Crippen molar-refractivity contribution >= 4 is 22.6 Å². The van der Waals surface area contributed by atoms with E-state index < -0.39 is 0 Å². The number of carbonyl (C=O) groups excluding carboxylic acids is 1. The van der Waals surface area contributed by atoms with E-state index >= 15 is 0 Å². The summed E-state index contributed by atoms with van der Waals surface area (Å²) in [6.07, 6.45) is 2.15. The van der Waals surface area contributed by atoms with Crippen LogP contribution < -0.4 is 4.90 Å². The van der Waals surface area contributed by atoms with Gasteiger partial charge in [-0.25, -0.2) is 0 Å². The third-order valence-corrected chi connectivity index (χ3v) is 4.96. The summed E-state index contributed by atoms with van der Waals surface area (Å²) in [5.41, 5.74) is 2.89. The summed E-state index contributed by atoms with van der Waals surface area (Å²) in [5.74, 6) is 0.193. The van der Waals surface area contributed by atoms with E-state index in [9.17, 15) is 4.79 Å². The third kappa shape index (κ3) is 3.27. The number of anilines is 1. The van der Waals surface area contributed by atoms with E-state index in [4.69, 9.17) is 0 Å². The van der Waals surface area contributed by atoms with Crippen LogP contribution >= 0.6 is 0 Å². The molecule has 1 atom stereocenters. The molecule has 1 amide bonds. The van der Waals surface area contributed by atoms with Crippen molar-refractivity contribution in [2.75, 3.05) is 25.0 Å². The first kappa shape index (κ1) is 16.6. The summed E-state index contributed by atoms with van der Waals surface area (Å²) in [6.45, 7) is 1.59. The predicted molar refractivity (Wildman–Crippen MR) is 102 cm³/mol. The maximum absolute atomic E-state index is 12.4. The Morgan fingerprint density at radius 3 is 2.31 bits per heavy atom. The number of nitrogens with zero attached hydrogens (tertiary/aromatic N) is 5. The van der Waals surface area contributed by atoms with Gasteiger partial charge in [-0.05, 0) is 30.7 Å². The van der Waals surface area contributed by atoms with Gasteiger partial charge < -0.3 is 9.80 Å². The second-order valence-corrected chi connectivity index (χ2v) is 6.73. The average Bonchev–Trinajstić information content (AvgIpc) is 3.29. The Bertz CT molecular complexity index is 858. The van der Waals surface area contributed by atoms with Gasteiger partial charge >= 0.3 is 0 Å². The number of benzene rings is 2. The van der Waals surface area contributed by atoms with Crippen LogP contribution in [0, 0.1) is 0 Å². The third-order valence-electron chi connectivity index (χ3n) is 4.96. The molecule has 1 aliphatic heterocycles. The Morgan fingerprint density at radius 2 is 1.69 bits per heavy atom. The van der Waals surface area contributed by atoms with Crippen LogP contribution in [0.4, 0.5) is 5.69 Å². The Kier molecular flexibility index (Phi) is 4.56. The second-order valence-electron chi connectivity index (χ2n) is 6.73. The van der Waals surface area contributed by atoms with Crippen LogP contribution in [0.15, 0.2) is 54.6 Å². The lowest BCUT2D eigenvalue weighted by atomic mass is 10.2. The first-order chi connectivity index (χ1) is 12.7. The molecule has 1 aliphatic rings. The highest BCUT2D eigenvalue weighted by molar-refractivity contribution is 5.78.